The second kappa shape index (κ2) is 7.71. The van der Waals surface area contributed by atoms with E-state index in [0.29, 0.717) is 24.5 Å². The zero-order valence-corrected chi connectivity index (χ0v) is 17.8. The highest BCUT2D eigenvalue weighted by Gasteiger charge is 2.63. The predicted molar refractivity (Wildman–Crippen MR) is 115 cm³/mol. The molecule has 0 N–H and O–H groups in total. The third-order valence-electron chi connectivity index (χ3n) is 7.00. The standard InChI is InChI=1S/C25H30N2O3/c1-26(2)14-21-22-15-27(17-25(22)13-12-23(21)30-25)24(28)19-10-8-18(9-11-19)16-29-20-6-4-3-5-7-20/h3-11,21-23H,12-17H2,1-2H3/t21-,22+,23+,25+/m0/s1. The fraction of sp³-hybridized carbons (Fsp3) is 0.480. The molecule has 3 heterocycles. The number of likely N-dealkylation sites (tertiary alicyclic amines) is 1. The maximum Gasteiger partial charge on any atom is 0.253 e. The minimum absolute atomic E-state index is 0.107. The molecule has 0 unspecified atom stereocenters. The Morgan fingerprint density at radius 2 is 1.93 bits per heavy atom. The van der Waals surface area contributed by atoms with Crippen LogP contribution >= 0.6 is 0 Å². The summed E-state index contributed by atoms with van der Waals surface area (Å²) in [5, 5.41) is 0. The molecule has 4 atom stereocenters. The van der Waals surface area contributed by atoms with Crippen LogP contribution in [0, 0.1) is 11.8 Å². The number of benzene rings is 2. The SMILES string of the molecule is CN(C)C[C@H]1[C@H]2CN(C(=O)c3ccc(COc4ccccc4)cc3)C[C@]23CC[C@H]1O3. The molecule has 0 saturated carbocycles. The smallest absolute Gasteiger partial charge is 0.253 e. The first-order chi connectivity index (χ1) is 14.5. The summed E-state index contributed by atoms with van der Waals surface area (Å²) in [4.78, 5) is 17.5. The molecule has 0 aromatic heterocycles. The van der Waals surface area contributed by atoms with Crippen molar-refractivity contribution in [3.63, 3.8) is 0 Å². The normalized spacial score (nSPS) is 29.4. The Hall–Kier alpha value is -2.37. The molecule has 2 aromatic rings. The van der Waals surface area contributed by atoms with E-state index >= 15 is 0 Å². The Morgan fingerprint density at radius 3 is 2.67 bits per heavy atom. The average Bonchev–Trinajstić information content (AvgIpc) is 3.42. The molecule has 158 valence electrons. The molecular formula is C25H30N2O3. The third kappa shape index (κ3) is 3.50. The topological polar surface area (TPSA) is 42.0 Å². The number of carbonyl (C=O) groups is 1. The minimum atomic E-state index is -0.107. The number of para-hydroxylation sites is 1. The van der Waals surface area contributed by atoms with Crippen LogP contribution in [0.2, 0.25) is 0 Å². The Kier molecular flexibility index (Phi) is 5.03. The number of hydrogen-bond donors (Lipinski definition) is 0. The highest BCUT2D eigenvalue weighted by atomic mass is 16.5. The largest absolute Gasteiger partial charge is 0.489 e. The molecular weight excluding hydrogens is 376 g/mol. The van der Waals surface area contributed by atoms with Gasteiger partial charge < -0.3 is 19.3 Å². The van der Waals surface area contributed by atoms with E-state index in [2.05, 4.69) is 19.0 Å². The van der Waals surface area contributed by atoms with E-state index in [-0.39, 0.29) is 11.5 Å². The first kappa shape index (κ1) is 19.6. The first-order valence-electron chi connectivity index (χ1n) is 10.9. The summed E-state index contributed by atoms with van der Waals surface area (Å²) < 4.78 is 12.3. The van der Waals surface area contributed by atoms with Gasteiger partial charge >= 0.3 is 0 Å². The molecule has 2 aromatic carbocycles. The van der Waals surface area contributed by atoms with E-state index in [1.165, 1.54) is 0 Å². The lowest BCUT2D eigenvalue weighted by molar-refractivity contribution is 0.00256. The molecule has 1 amide bonds. The molecule has 3 fully saturated rings. The third-order valence-corrected chi connectivity index (χ3v) is 7.00. The van der Waals surface area contributed by atoms with Crippen molar-refractivity contribution in [1.82, 2.24) is 9.80 Å². The summed E-state index contributed by atoms with van der Waals surface area (Å²) in [5.74, 6) is 1.96. The van der Waals surface area contributed by atoms with Crippen LogP contribution in [0.1, 0.15) is 28.8 Å². The number of nitrogens with zero attached hydrogens (tertiary/aromatic N) is 2. The van der Waals surface area contributed by atoms with Crippen LogP contribution < -0.4 is 4.74 Å². The van der Waals surface area contributed by atoms with E-state index in [0.717, 1.165) is 49.4 Å². The molecule has 5 nitrogen and oxygen atoms in total. The van der Waals surface area contributed by atoms with Gasteiger partial charge in [0.2, 0.25) is 0 Å². The molecule has 5 rings (SSSR count). The number of hydrogen-bond acceptors (Lipinski definition) is 4. The molecule has 30 heavy (non-hydrogen) atoms. The second-order valence-electron chi connectivity index (χ2n) is 9.28. The number of carbonyl (C=O) groups excluding carboxylic acids is 1. The van der Waals surface area contributed by atoms with Gasteiger partial charge in [0.05, 0.1) is 18.2 Å². The van der Waals surface area contributed by atoms with Crippen molar-refractivity contribution >= 4 is 5.91 Å². The van der Waals surface area contributed by atoms with Gasteiger partial charge in [0.25, 0.3) is 5.91 Å². The summed E-state index contributed by atoms with van der Waals surface area (Å²) in [6.07, 6.45) is 2.59. The lowest BCUT2D eigenvalue weighted by Gasteiger charge is -2.30. The molecule has 1 spiro atoms. The van der Waals surface area contributed by atoms with E-state index in [1.807, 2.05) is 59.5 Å². The molecule has 0 radical (unpaired) electrons. The van der Waals surface area contributed by atoms with E-state index in [1.54, 1.807) is 0 Å². The number of rotatable bonds is 6. The van der Waals surface area contributed by atoms with Gasteiger partial charge in [0.1, 0.15) is 12.4 Å². The maximum atomic E-state index is 13.2. The van der Waals surface area contributed by atoms with Crippen LogP contribution in [0.15, 0.2) is 54.6 Å². The highest BCUT2D eigenvalue weighted by Crippen LogP contribution is 2.55. The van der Waals surface area contributed by atoms with E-state index in [4.69, 9.17) is 9.47 Å². The maximum absolute atomic E-state index is 13.2. The minimum Gasteiger partial charge on any atom is -0.489 e. The number of fused-ring (bicyclic) bond motifs is 1. The van der Waals surface area contributed by atoms with Gasteiger partial charge in [0.15, 0.2) is 0 Å². The highest BCUT2D eigenvalue weighted by molar-refractivity contribution is 5.94. The van der Waals surface area contributed by atoms with Crippen LogP contribution in [0.5, 0.6) is 5.75 Å². The molecule has 3 aliphatic rings. The molecule has 3 aliphatic heterocycles. The fourth-order valence-corrected chi connectivity index (χ4v) is 5.62. The lowest BCUT2D eigenvalue weighted by Crippen LogP contribution is -2.40. The Bertz CT molecular complexity index is 898. The van der Waals surface area contributed by atoms with Crippen molar-refractivity contribution in [2.45, 2.75) is 31.2 Å². The summed E-state index contributed by atoms with van der Waals surface area (Å²) in [6, 6.07) is 17.6. The van der Waals surface area contributed by atoms with Crippen molar-refractivity contribution in [1.29, 1.82) is 0 Å². The van der Waals surface area contributed by atoms with Crippen LogP contribution in [-0.2, 0) is 11.3 Å². The van der Waals surface area contributed by atoms with Crippen molar-refractivity contribution in [2.75, 3.05) is 33.7 Å². The number of amides is 1. The summed E-state index contributed by atoms with van der Waals surface area (Å²) in [5.41, 5.74) is 1.69. The Labute approximate surface area is 178 Å². The summed E-state index contributed by atoms with van der Waals surface area (Å²) in [6.45, 7) is 3.08. The zero-order chi connectivity index (χ0) is 20.7. The Morgan fingerprint density at radius 1 is 1.17 bits per heavy atom. The van der Waals surface area contributed by atoms with Crippen LogP contribution in [0.3, 0.4) is 0 Å². The second-order valence-corrected chi connectivity index (χ2v) is 9.28. The molecule has 2 bridgehead atoms. The van der Waals surface area contributed by atoms with E-state index < -0.39 is 0 Å². The van der Waals surface area contributed by atoms with Gasteiger partial charge in [-0.1, -0.05) is 30.3 Å². The van der Waals surface area contributed by atoms with Crippen molar-refractivity contribution < 1.29 is 14.3 Å². The molecule has 5 heteroatoms. The van der Waals surface area contributed by atoms with E-state index in [9.17, 15) is 4.79 Å². The van der Waals surface area contributed by atoms with Crippen LogP contribution in [-0.4, -0.2) is 61.1 Å². The van der Waals surface area contributed by atoms with Gasteiger partial charge in [-0.3, -0.25) is 4.79 Å². The quantitative estimate of drug-likeness (QED) is 0.737. The molecule has 0 aliphatic carbocycles. The summed E-state index contributed by atoms with van der Waals surface area (Å²) in [7, 11) is 4.25. The zero-order valence-electron chi connectivity index (χ0n) is 17.8. The van der Waals surface area contributed by atoms with Gasteiger partial charge in [-0.2, -0.15) is 0 Å². The van der Waals surface area contributed by atoms with Gasteiger partial charge in [-0.15, -0.1) is 0 Å². The number of ether oxygens (including phenoxy) is 2. The van der Waals surface area contributed by atoms with Crippen LogP contribution in [0.4, 0.5) is 0 Å². The first-order valence-corrected chi connectivity index (χ1v) is 10.9. The van der Waals surface area contributed by atoms with Crippen molar-refractivity contribution in [3.05, 3.63) is 65.7 Å². The fourth-order valence-electron chi connectivity index (χ4n) is 5.62. The van der Waals surface area contributed by atoms with Gasteiger partial charge in [-0.25, -0.2) is 0 Å². The summed E-state index contributed by atoms with van der Waals surface area (Å²) >= 11 is 0. The lowest BCUT2D eigenvalue weighted by atomic mass is 9.73. The predicted octanol–water partition coefficient (Wildman–Crippen LogP) is 3.45. The monoisotopic (exact) mass is 406 g/mol. The van der Waals surface area contributed by atoms with Crippen molar-refractivity contribution in [3.8, 4) is 5.75 Å². The van der Waals surface area contributed by atoms with Gasteiger partial charge in [0, 0.05) is 30.5 Å². The van der Waals surface area contributed by atoms with Crippen molar-refractivity contribution in [2.24, 2.45) is 11.8 Å². The molecule has 3 saturated heterocycles. The Balaban J connectivity index is 1.23. The van der Waals surface area contributed by atoms with Crippen LogP contribution in [0.25, 0.3) is 0 Å². The average molecular weight is 407 g/mol. The van der Waals surface area contributed by atoms with Gasteiger partial charge in [-0.05, 0) is 56.8 Å².